The summed E-state index contributed by atoms with van der Waals surface area (Å²) in [5.74, 6) is 0.893. The van der Waals surface area contributed by atoms with Gasteiger partial charge in [-0.1, -0.05) is 11.6 Å². The lowest BCUT2D eigenvalue weighted by Gasteiger charge is -2.34. The van der Waals surface area contributed by atoms with Crippen molar-refractivity contribution in [1.82, 2.24) is 10.2 Å². The number of oxime groups is 1. The molecule has 4 heterocycles. The average Bonchev–Trinajstić information content (AvgIpc) is 3.11. The van der Waals surface area contributed by atoms with Crippen LogP contribution in [0.25, 0.3) is 0 Å². The Bertz CT molecular complexity index is 385. The molecule has 5 nitrogen and oxygen atoms in total. The lowest BCUT2D eigenvalue weighted by Crippen LogP contribution is -2.43. The molecule has 0 radical (unpaired) electrons. The highest BCUT2D eigenvalue weighted by Gasteiger charge is 2.50. The van der Waals surface area contributed by atoms with Crippen molar-refractivity contribution in [1.29, 1.82) is 0 Å². The highest BCUT2D eigenvalue weighted by atomic mass is 16.7. The molecule has 0 saturated carbocycles. The topological polar surface area (TPSA) is 46.1 Å². The summed E-state index contributed by atoms with van der Waals surface area (Å²) in [6.07, 6.45) is 7.52. The fourth-order valence-corrected chi connectivity index (χ4v) is 4.18. The molecule has 0 aromatic heterocycles. The van der Waals surface area contributed by atoms with Gasteiger partial charge in [0.2, 0.25) is 5.90 Å². The molecule has 2 bridgehead atoms. The molecule has 2 atom stereocenters. The molecular formula is C15H25N3O2. The Hall–Kier alpha value is -0.810. The second-order valence-electron chi connectivity index (χ2n) is 6.87. The molecular weight excluding hydrogens is 254 g/mol. The zero-order valence-electron chi connectivity index (χ0n) is 12.1. The second kappa shape index (κ2) is 5.19. The summed E-state index contributed by atoms with van der Waals surface area (Å²) in [6, 6.07) is 0.595. The van der Waals surface area contributed by atoms with Crippen LogP contribution >= 0.6 is 0 Å². The summed E-state index contributed by atoms with van der Waals surface area (Å²) in [6.45, 7) is 5.26. The maximum atomic E-state index is 6.25. The molecule has 0 amide bonds. The summed E-state index contributed by atoms with van der Waals surface area (Å²) in [5.41, 5.74) is 0.165. The van der Waals surface area contributed by atoms with Crippen molar-refractivity contribution in [3.8, 4) is 0 Å². The summed E-state index contributed by atoms with van der Waals surface area (Å²) >= 11 is 0. The van der Waals surface area contributed by atoms with E-state index in [1.165, 1.54) is 45.2 Å². The highest BCUT2D eigenvalue weighted by Crippen LogP contribution is 2.43. The Morgan fingerprint density at radius 2 is 2.20 bits per heavy atom. The van der Waals surface area contributed by atoms with E-state index in [1.807, 2.05) is 0 Å². The largest absolute Gasteiger partial charge is 0.471 e. The first-order valence-electron chi connectivity index (χ1n) is 8.17. The van der Waals surface area contributed by atoms with E-state index < -0.39 is 0 Å². The third kappa shape index (κ3) is 2.31. The molecule has 20 heavy (non-hydrogen) atoms. The van der Waals surface area contributed by atoms with E-state index in [2.05, 4.69) is 15.4 Å². The Labute approximate surface area is 120 Å². The number of rotatable bonds is 3. The molecule has 4 rings (SSSR count). The van der Waals surface area contributed by atoms with Crippen molar-refractivity contribution in [3.63, 3.8) is 0 Å². The van der Waals surface area contributed by atoms with Crippen LogP contribution in [0.4, 0.5) is 0 Å². The van der Waals surface area contributed by atoms with Gasteiger partial charge in [0.15, 0.2) is 6.61 Å². The van der Waals surface area contributed by atoms with E-state index >= 15 is 0 Å². The number of ether oxygens (including phenoxy) is 1. The van der Waals surface area contributed by atoms with Crippen LogP contribution in [0.1, 0.15) is 38.5 Å². The maximum absolute atomic E-state index is 6.25. The van der Waals surface area contributed by atoms with Crippen LogP contribution in [0, 0.1) is 5.41 Å². The van der Waals surface area contributed by atoms with Gasteiger partial charge < -0.3 is 19.8 Å². The van der Waals surface area contributed by atoms with Crippen LogP contribution in [0.3, 0.4) is 0 Å². The standard InChI is InChI=1S/C15H25N3O2/c1-2-6-16-12(3-1)9-13-10-19-17-14(20-13)15-4-7-18(11-15)8-5-15/h12-13,16H,1-11H2. The number of hydrogen-bond donors (Lipinski definition) is 1. The molecule has 112 valence electrons. The van der Waals surface area contributed by atoms with Crippen molar-refractivity contribution < 1.29 is 9.57 Å². The smallest absolute Gasteiger partial charge is 0.233 e. The van der Waals surface area contributed by atoms with Crippen molar-refractivity contribution in [2.75, 3.05) is 32.8 Å². The number of fused-ring (bicyclic) bond motifs is 2. The molecule has 1 N–H and O–H groups in total. The molecule has 0 aliphatic carbocycles. The van der Waals surface area contributed by atoms with E-state index in [-0.39, 0.29) is 11.5 Å². The van der Waals surface area contributed by atoms with Gasteiger partial charge in [-0.25, -0.2) is 0 Å². The van der Waals surface area contributed by atoms with Gasteiger partial charge in [0, 0.05) is 19.0 Å². The minimum absolute atomic E-state index is 0.165. The molecule has 0 spiro atoms. The first kappa shape index (κ1) is 12.9. The van der Waals surface area contributed by atoms with E-state index in [9.17, 15) is 0 Å². The highest BCUT2D eigenvalue weighted by molar-refractivity contribution is 5.83. The quantitative estimate of drug-likeness (QED) is 0.847. The minimum atomic E-state index is 0.165. The SMILES string of the molecule is C1CCC(CC2CON=C(C34CCN(CC3)C4)O2)NC1. The Morgan fingerprint density at radius 3 is 2.90 bits per heavy atom. The number of piperidine rings is 2. The zero-order valence-corrected chi connectivity index (χ0v) is 12.1. The van der Waals surface area contributed by atoms with Crippen molar-refractivity contribution in [2.24, 2.45) is 10.6 Å². The van der Waals surface area contributed by atoms with Crippen molar-refractivity contribution >= 4 is 5.90 Å². The molecule has 3 fully saturated rings. The molecule has 4 aliphatic rings. The van der Waals surface area contributed by atoms with Gasteiger partial charge in [-0.2, -0.15) is 0 Å². The average molecular weight is 279 g/mol. The first-order chi connectivity index (χ1) is 9.84. The Morgan fingerprint density at radius 1 is 1.30 bits per heavy atom. The first-order valence-corrected chi connectivity index (χ1v) is 8.17. The van der Waals surface area contributed by atoms with Crippen LogP contribution in [0.5, 0.6) is 0 Å². The number of hydrogen-bond acceptors (Lipinski definition) is 5. The second-order valence-corrected chi connectivity index (χ2v) is 6.87. The summed E-state index contributed by atoms with van der Waals surface area (Å²) in [5, 5.41) is 7.87. The van der Waals surface area contributed by atoms with Gasteiger partial charge in [0.05, 0.1) is 5.41 Å². The normalized spacial score (nSPS) is 43.8. The fourth-order valence-electron chi connectivity index (χ4n) is 4.18. The summed E-state index contributed by atoms with van der Waals surface area (Å²) in [4.78, 5) is 8.02. The molecule has 3 saturated heterocycles. The van der Waals surface area contributed by atoms with Gasteiger partial charge in [0.25, 0.3) is 0 Å². The van der Waals surface area contributed by atoms with Gasteiger partial charge in [-0.3, -0.25) is 0 Å². The van der Waals surface area contributed by atoms with Gasteiger partial charge >= 0.3 is 0 Å². The molecule has 0 aromatic carbocycles. The molecule has 4 aliphatic heterocycles. The maximum Gasteiger partial charge on any atom is 0.233 e. The van der Waals surface area contributed by atoms with Crippen LogP contribution in [-0.2, 0) is 9.57 Å². The minimum Gasteiger partial charge on any atom is -0.471 e. The van der Waals surface area contributed by atoms with Gasteiger partial charge in [0.1, 0.15) is 6.10 Å². The van der Waals surface area contributed by atoms with Crippen LogP contribution in [-0.4, -0.2) is 55.7 Å². The fraction of sp³-hybridized carbons (Fsp3) is 0.933. The Balaban J connectivity index is 1.38. The van der Waals surface area contributed by atoms with E-state index in [1.54, 1.807) is 0 Å². The van der Waals surface area contributed by atoms with Crippen molar-refractivity contribution in [2.45, 2.75) is 50.7 Å². The monoisotopic (exact) mass is 279 g/mol. The van der Waals surface area contributed by atoms with Crippen LogP contribution in [0.2, 0.25) is 0 Å². The van der Waals surface area contributed by atoms with Gasteiger partial charge in [-0.15, -0.1) is 0 Å². The molecule has 2 unspecified atom stereocenters. The molecule has 5 heteroatoms. The third-order valence-corrected chi connectivity index (χ3v) is 5.44. The third-order valence-electron chi connectivity index (χ3n) is 5.44. The molecule has 0 aromatic rings. The summed E-state index contributed by atoms with van der Waals surface area (Å²) in [7, 11) is 0. The lowest BCUT2D eigenvalue weighted by molar-refractivity contribution is -0.0119. The number of nitrogens with one attached hydrogen (secondary N) is 1. The van der Waals surface area contributed by atoms with Gasteiger partial charge in [-0.05, 0) is 45.3 Å². The van der Waals surface area contributed by atoms with E-state index in [4.69, 9.17) is 9.57 Å². The zero-order chi connectivity index (χ0) is 13.4. The lowest BCUT2D eigenvalue weighted by atomic mass is 9.84. The predicted molar refractivity (Wildman–Crippen MR) is 76.6 cm³/mol. The number of nitrogens with zero attached hydrogens (tertiary/aromatic N) is 2. The van der Waals surface area contributed by atoms with E-state index in [0.29, 0.717) is 12.6 Å². The van der Waals surface area contributed by atoms with Crippen LogP contribution in [0.15, 0.2) is 5.16 Å². The Kier molecular flexibility index (Phi) is 3.34. The summed E-state index contributed by atoms with van der Waals surface area (Å²) < 4.78 is 6.25. The predicted octanol–water partition coefficient (Wildman–Crippen LogP) is 1.34. The van der Waals surface area contributed by atoms with Crippen molar-refractivity contribution in [3.05, 3.63) is 0 Å². The van der Waals surface area contributed by atoms with E-state index in [0.717, 1.165) is 25.4 Å². The van der Waals surface area contributed by atoms with Crippen LogP contribution < -0.4 is 5.32 Å².